The number of carbonyl (C=O) groups excluding carboxylic acids is 1. The van der Waals surface area contributed by atoms with Crippen LogP contribution in [0.25, 0.3) is 11.1 Å². The fraction of sp³-hybridized carbons (Fsp3) is 0.111. The average Bonchev–Trinajstić information content (AvgIpc) is 3.09. The minimum Gasteiger partial charge on any atom is -0.342 e. The van der Waals surface area contributed by atoms with E-state index < -0.39 is 11.7 Å². The Morgan fingerprint density at radius 3 is 2.04 bits per heavy atom. The van der Waals surface area contributed by atoms with Crippen LogP contribution in [0.5, 0.6) is 0 Å². The van der Waals surface area contributed by atoms with E-state index in [2.05, 4.69) is 9.97 Å². The van der Waals surface area contributed by atoms with Gasteiger partial charge in [0, 0.05) is 6.42 Å². The van der Waals surface area contributed by atoms with Gasteiger partial charge in [-0.2, -0.15) is 13.2 Å². The Morgan fingerprint density at radius 1 is 0.958 bits per heavy atom. The molecule has 0 amide bonds. The van der Waals surface area contributed by atoms with Crippen molar-refractivity contribution in [2.45, 2.75) is 12.6 Å². The summed E-state index contributed by atoms with van der Waals surface area (Å²) in [5, 5.41) is 0. The number of H-pyrrole nitrogens is 1. The van der Waals surface area contributed by atoms with Gasteiger partial charge in [0.15, 0.2) is 5.78 Å². The van der Waals surface area contributed by atoms with E-state index in [0.29, 0.717) is 11.3 Å². The summed E-state index contributed by atoms with van der Waals surface area (Å²) in [6, 6.07) is 12.2. The zero-order chi connectivity index (χ0) is 17.2. The van der Waals surface area contributed by atoms with Crippen LogP contribution in [0.3, 0.4) is 0 Å². The summed E-state index contributed by atoms with van der Waals surface area (Å²) >= 11 is 0. The number of aromatic nitrogens is 2. The third kappa shape index (κ3) is 3.53. The van der Waals surface area contributed by atoms with Crippen LogP contribution in [0.4, 0.5) is 13.2 Å². The van der Waals surface area contributed by atoms with Crippen LogP contribution in [0, 0.1) is 0 Å². The van der Waals surface area contributed by atoms with E-state index in [1.54, 1.807) is 24.3 Å². The van der Waals surface area contributed by atoms with Crippen molar-refractivity contribution < 1.29 is 18.0 Å². The van der Waals surface area contributed by atoms with E-state index in [0.717, 1.165) is 23.3 Å². The molecule has 0 aliphatic heterocycles. The summed E-state index contributed by atoms with van der Waals surface area (Å²) in [5.74, 6) is -0.0743. The lowest BCUT2D eigenvalue weighted by Gasteiger charge is -2.08. The summed E-state index contributed by atoms with van der Waals surface area (Å²) in [6.07, 6.45) is -1.19. The number of Topliss-reactive ketones (excluding diaryl/α,β-unsaturated/α-hetero) is 1. The van der Waals surface area contributed by atoms with Gasteiger partial charge in [0.1, 0.15) is 5.69 Å². The first-order chi connectivity index (χ1) is 11.4. The molecule has 3 aromatic rings. The highest BCUT2D eigenvalue weighted by molar-refractivity contribution is 5.95. The maximum absolute atomic E-state index is 12.6. The minimum absolute atomic E-state index is 0.0743. The van der Waals surface area contributed by atoms with E-state index in [-0.39, 0.29) is 12.2 Å². The summed E-state index contributed by atoms with van der Waals surface area (Å²) in [7, 11) is 0. The second-order valence-electron chi connectivity index (χ2n) is 5.34. The third-order valence-electron chi connectivity index (χ3n) is 3.66. The Balaban J connectivity index is 1.73. The Bertz CT molecular complexity index is 820. The monoisotopic (exact) mass is 330 g/mol. The zero-order valence-corrected chi connectivity index (χ0v) is 12.5. The fourth-order valence-corrected chi connectivity index (χ4v) is 2.36. The van der Waals surface area contributed by atoms with Crippen LogP contribution < -0.4 is 0 Å². The van der Waals surface area contributed by atoms with E-state index >= 15 is 0 Å². The minimum atomic E-state index is -4.34. The highest BCUT2D eigenvalue weighted by Gasteiger charge is 2.29. The molecular formula is C18H13F3N2O. The van der Waals surface area contributed by atoms with Crippen LogP contribution in [-0.2, 0) is 12.6 Å². The Kier molecular flexibility index (Phi) is 4.20. The number of alkyl halides is 3. The van der Waals surface area contributed by atoms with Gasteiger partial charge >= 0.3 is 6.18 Å². The lowest BCUT2D eigenvalue weighted by molar-refractivity contribution is -0.137. The first-order valence-corrected chi connectivity index (χ1v) is 7.21. The Labute approximate surface area is 136 Å². The molecule has 0 spiro atoms. The topological polar surface area (TPSA) is 45.8 Å². The van der Waals surface area contributed by atoms with Crippen molar-refractivity contribution in [3.05, 3.63) is 77.9 Å². The van der Waals surface area contributed by atoms with Gasteiger partial charge in [0.05, 0.1) is 18.1 Å². The molecule has 1 aromatic heterocycles. The smallest absolute Gasteiger partial charge is 0.342 e. The molecule has 0 fully saturated rings. The largest absolute Gasteiger partial charge is 0.416 e. The molecule has 3 rings (SSSR count). The number of benzene rings is 2. The predicted molar refractivity (Wildman–Crippen MR) is 83.5 cm³/mol. The summed E-state index contributed by atoms with van der Waals surface area (Å²) in [5.41, 5.74) is 2.08. The highest BCUT2D eigenvalue weighted by Crippen LogP contribution is 2.31. The molecule has 122 valence electrons. The van der Waals surface area contributed by atoms with Gasteiger partial charge in [-0.25, -0.2) is 4.98 Å². The molecule has 0 unspecified atom stereocenters. The molecule has 1 N–H and O–H groups in total. The molecule has 0 aliphatic carbocycles. The van der Waals surface area contributed by atoms with Gasteiger partial charge in [-0.1, -0.05) is 36.4 Å². The van der Waals surface area contributed by atoms with Crippen LogP contribution in [0.15, 0.2) is 61.1 Å². The van der Waals surface area contributed by atoms with Crippen molar-refractivity contribution in [3.8, 4) is 11.1 Å². The molecule has 0 saturated carbocycles. The normalized spacial score (nSPS) is 11.5. The number of hydrogen-bond acceptors (Lipinski definition) is 2. The lowest BCUT2D eigenvalue weighted by atomic mass is 10.0. The van der Waals surface area contributed by atoms with Crippen LogP contribution in [0.2, 0.25) is 0 Å². The van der Waals surface area contributed by atoms with Crippen LogP contribution in [-0.4, -0.2) is 15.8 Å². The van der Waals surface area contributed by atoms with Crippen LogP contribution >= 0.6 is 0 Å². The molecule has 0 atom stereocenters. The number of rotatable bonds is 4. The van der Waals surface area contributed by atoms with Crippen molar-refractivity contribution in [1.82, 2.24) is 9.97 Å². The number of ketones is 1. The van der Waals surface area contributed by atoms with E-state index in [1.165, 1.54) is 24.7 Å². The number of halogens is 3. The zero-order valence-electron chi connectivity index (χ0n) is 12.5. The number of carbonyl (C=O) groups is 1. The third-order valence-corrected chi connectivity index (χ3v) is 3.66. The van der Waals surface area contributed by atoms with Gasteiger partial charge in [0.25, 0.3) is 0 Å². The molecule has 1 heterocycles. The van der Waals surface area contributed by atoms with Crippen molar-refractivity contribution in [1.29, 1.82) is 0 Å². The van der Waals surface area contributed by atoms with Crippen molar-refractivity contribution >= 4 is 5.78 Å². The standard InChI is InChI=1S/C18H13F3N2O/c19-18(20,21)15-7-5-14(6-8-15)13-3-1-12(2-4-13)9-17(24)16-10-22-11-23-16/h1-8,10-11H,9H2,(H,22,23). The van der Waals surface area contributed by atoms with Gasteiger partial charge in [-0.05, 0) is 28.8 Å². The molecule has 2 aromatic carbocycles. The average molecular weight is 330 g/mol. The van der Waals surface area contributed by atoms with Crippen molar-refractivity contribution in [2.75, 3.05) is 0 Å². The van der Waals surface area contributed by atoms with Gasteiger partial charge in [0.2, 0.25) is 0 Å². The number of imidazole rings is 1. The van der Waals surface area contributed by atoms with E-state index in [4.69, 9.17) is 0 Å². The van der Waals surface area contributed by atoms with Gasteiger partial charge in [-0.15, -0.1) is 0 Å². The Hall–Kier alpha value is -2.89. The van der Waals surface area contributed by atoms with Crippen LogP contribution in [0.1, 0.15) is 21.6 Å². The van der Waals surface area contributed by atoms with Gasteiger partial charge in [-0.3, -0.25) is 4.79 Å². The fourth-order valence-electron chi connectivity index (χ4n) is 2.36. The highest BCUT2D eigenvalue weighted by atomic mass is 19.4. The summed E-state index contributed by atoms with van der Waals surface area (Å²) in [6.45, 7) is 0. The molecule has 24 heavy (non-hydrogen) atoms. The number of nitrogens with zero attached hydrogens (tertiary/aromatic N) is 1. The number of nitrogens with one attached hydrogen (secondary N) is 1. The first kappa shape index (κ1) is 16.0. The van der Waals surface area contributed by atoms with Gasteiger partial charge < -0.3 is 4.98 Å². The predicted octanol–water partition coefficient (Wildman–Crippen LogP) is 4.52. The number of aromatic amines is 1. The molecule has 0 bridgehead atoms. The lowest BCUT2D eigenvalue weighted by Crippen LogP contribution is -2.04. The second kappa shape index (κ2) is 6.31. The number of hydrogen-bond donors (Lipinski definition) is 1. The molecule has 3 nitrogen and oxygen atoms in total. The molecule has 6 heteroatoms. The van der Waals surface area contributed by atoms with Crippen molar-refractivity contribution in [2.24, 2.45) is 0 Å². The van der Waals surface area contributed by atoms with Crippen molar-refractivity contribution in [3.63, 3.8) is 0 Å². The SMILES string of the molecule is O=C(Cc1ccc(-c2ccc(C(F)(F)F)cc2)cc1)c1cnc[nH]1. The maximum Gasteiger partial charge on any atom is 0.416 e. The van der Waals surface area contributed by atoms with E-state index in [1.807, 2.05) is 0 Å². The molecule has 0 radical (unpaired) electrons. The first-order valence-electron chi connectivity index (χ1n) is 7.21. The maximum atomic E-state index is 12.6. The van der Waals surface area contributed by atoms with E-state index in [9.17, 15) is 18.0 Å². The molecule has 0 aliphatic rings. The summed E-state index contributed by atoms with van der Waals surface area (Å²) < 4.78 is 37.7. The Morgan fingerprint density at radius 2 is 1.54 bits per heavy atom. The quantitative estimate of drug-likeness (QED) is 0.715. The summed E-state index contributed by atoms with van der Waals surface area (Å²) in [4.78, 5) is 18.5. The molecular weight excluding hydrogens is 317 g/mol. The second-order valence-corrected chi connectivity index (χ2v) is 5.34. The molecule has 0 saturated heterocycles.